The Kier molecular flexibility index (Phi) is 3.42. The standard InChI is InChI=1S/C15H15N3O4/c1-3-22-15(21)12-10-11(16-17-12)14(20)18(13(10)19)9-6-4-5-8(2)7-9/h4-7,11,16-17H,3H2,1-2H3/t11-/m1/s1. The molecule has 2 aliphatic rings. The number of hydrogen-bond acceptors (Lipinski definition) is 6. The lowest BCUT2D eigenvalue weighted by Gasteiger charge is -2.16. The molecule has 0 saturated carbocycles. The van der Waals surface area contributed by atoms with Crippen molar-refractivity contribution in [2.24, 2.45) is 0 Å². The van der Waals surface area contributed by atoms with E-state index in [9.17, 15) is 14.4 Å². The third-order valence-electron chi connectivity index (χ3n) is 3.54. The molecule has 0 bridgehead atoms. The maximum atomic E-state index is 12.6. The topological polar surface area (TPSA) is 87.7 Å². The number of carbonyl (C=O) groups excluding carboxylic acids is 3. The molecule has 0 aliphatic carbocycles. The molecule has 3 rings (SSSR count). The van der Waals surface area contributed by atoms with Gasteiger partial charge in [0.15, 0.2) is 0 Å². The van der Waals surface area contributed by atoms with Crippen LogP contribution >= 0.6 is 0 Å². The SMILES string of the molecule is CCOC(=O)C1=C2C(=O)N(c3cccc(C)c3)C(=O)[C@@H]2NN1. The third-order valence-corrected chi connectivity index (χ3v) is 3.54. The average Bonchev–Trinajstić information content (AvgIpc) is 3.01. The summed E-state index contributed by atoms with van der Waals surface area (Å²) in [5.41, 5.74) is 6.76. The third kappa shape index (κ3) is 2.06. The van der Waals surface area contributed by atoms with E-state index in [1.165, 1.54) is 0 Å². The molecule has 1 aromatic carbocycles. The Bertz CT molecular complexity index is 710. The summed E-state index contributed by atoms with van der Waals surface area (Å²) >= 11 is 0. The predicted molar refractivity (Wildman–Crippen MR) is 77.4 cm³/mol. The van der Waals surface area contributed by atoms with Crippen LogP contribution in [-0.4, -0.2) is 30.4 Å². The summed E-state index contributed by atoms with van der Waals surface area (Å²) in [5, 5.41) is 0. The second-order valence-electron chi connectivity index (χ2n) is 5.03. The van der Waals surface area contributed by atoms with Crippen LogP contribution in [0, 0.1) is 6.92 Å². The Morgan fingerprint density at radius 3 is 2.82 bits per heavy atom. The summed E-state index contributed by atoms with van der Waals surface area (Å²) in [5.74, 6) is -1.58. The van der Waals surface area contributed by atoms with Gasteiger partial charge in [-0.3, -0.25) is 9.59 Å². The molecule has 22 heavy (non-hydrogen) atoms. The number of rotatable bonds is 3. The number of benzene rings is 1. The molecule has 2 N–H and O–H groups in total. The molecule has 2 amide bonds. The van der Waals surface area contributed by atoms with Gasteiger partial charge in [0.05, 0.1) is 17.9 Å². The lowest BCUT2D eigenvalue weighted by Crippen LogP contribution is -2.42. The highest BCUT2D eigenvalue weighted by atomic mass is 16.5. The first kappa shape index (κ1) is 14.3. The first-order chi connectivity index (χ1) is 10.5. The van der Waals surface area contributed by atoms with Gasteiger partial charge in [-0.2, -0.15) is 0 Å². The van der Waals surface area contributed by atoms with Crippen LogP contribution in [0.3, 0.4) is 0 Å². The monoisotopic (exact) mass is 301 g/mol. The Hall–Kier alpha value is -2.67. The molecule has 1 atom stereocenters. The lowest BCUT2D eigenvalue weighted by atomic mass is 10.1. The van der Waals surface area contributed by atoms with Crippen molar-refractivity contribution in [1.29, 1.82) is 0 Å². The van der Waals surface area contributed by atoms with E-state index in [-0.39, 0.29) is 17.9 Å². The van der Waals surface area contributed by atoms with Crippen LogP contribution < -0.4 is 15.8 Å². The highest BCUT2D eigenvalue weighted by Gasteiger charge is 2.50. The minimum atomic E-state index is -0.868. The van der Waals surface area contributed by atoms with Gasteiger partial charge in [0.25, 0.3) is 11.8 Å². The zero-order valence-corrected chi connectivity index (χ0v) is 12.2. The summed E-state index contributed by atoms with van der Waals surface area (Å²) in [7, 11) is 0. The van der Waals surface area contributed by atoms with Crippen molar-refractivity contribution in [3.05, 3.63) is 41.1 Å². The van der Waals surface area contributed by atoms with Crippen LogP contribution in [0.1, 0.15) is 12.5 Å². The minimum absolute atomic E-state index is 0.000327. The van der Waals surface area contributed by atoms with Gasteiger partial charge in [0.1, 0.15) is 11.7 Å². The maximum absolute atomic E-state index is 12.6. The normalized spacial score (nSPS) is 20.3. The van der Waals surface area contributed by atoms with Crippen molar-refractivity contribution in [2.75, 3.05) is 11.5 Å². The largest absolute Gasteiger partial charge is 0.461 e. The van der Waals surface area contributed by atoms with Crippen LogP contribution in [0.25, 0.3) is 0 Å². The fourth-order valence-electron chi connectivity index (χ4n) is 2.57. The van der Waals surface area contributed by atoms with Gasteiger partial charge in [0.2, 0.25) is 0 Å². The summed E-state index contributed by atoms with van der Waals surface area (Å²) in [6, 6.07) is 6.20. The van der Waals surface area contributed by atoms with E-state index in [2.05, 4.69) is 10.9 Å². The number of aryl methyl sites for hydroxylation is 1. The van der Waals surface area contributed by atoms with E-state index in [1.54, 1.807) is 25.1 Å². The molecule has 0 radical (unpaired) electrons. The minimum Gasteiger partial charge on any atom is -0.461 e. The van der Waals surface area contributed by atoms with Crippen molar-refractivity contribution in [3.63, 3.8) is 0 Å². The fraction of sp³-hybridized carbons (Fsp3) is 0.267. The molecule has 1 saturated heterocycles. The number of imide groups is 1. The predicted octanol–water partition coefficient (Wildman–Crippen LogP) is 0.162. The van der Waals surface area contributed by atoms with Crippen LogP contribution in [0.4, 0.5) is 5.69 Å². The van der Waals surface area contributed by atoms with Crippen LogP contribution in [0.15, 0.2) is 35.5 Å². The van der Waals surface area contributed by atoms with E-state index >= 15 is 0 Å². The molecule has 0 unspecified atom stereocenters. The van der Waals surface area contributed by atoms with Gasteiger partial charge in [-0.25, -0.2) is 15.1 Å². The molecule has 2 heterocycles. The number of anilines is 1. The number of amides is 2. The summed E-state index contributed by atoms with van der Waals surface area (Å²) in [4.78, 5) is 38.0. The summed E-state index contributed by atoms with van der Waals surface area (Å²) in [6.45, 7) is 3.73. The number of esters is 1. The first-order valence-electron chi connectivity index (χ1n) is 6.92. The quantitative estimate of drug-likeness (QED) is 0.611. The first-order valence-corrected chi connectivity index (χ1v) is 6.92. The molecule has 1 fully saturated rings. The number of nitrogens with one attached hydrogen (secondary N) is 2. The van der Waals surface area contributed by atoms with E-state index in [0.717, 1.165) is 10.5 Å². The number of hydrazine groups is 1. The molecular weight excluding hydrogens is 286 g/mol. The van der Waals surface area contributed by atoms with Crippen molar-refractivity contribution >= 4 is 23.5 Å². The number of fused-ring (bicyclic) bond motifs is 1. The maximum Gasteiger partial charge on any atom is 0.356 e. The van der Waals surface area contributed by atoms with Crippen LogP contribution in [0.2, 0.25) is 0 Å². The van der Waals surface area contributed by atoms with Crippen molar-refractivity contribution in [3.8, 4) is 0 Å². The van der Waals surface area contributed by atoms with Gasteiger partial charge < -0.3 is 10.2 Å². The van der Waals surface area contributed by atoms with Crippen molar-refractivity contribution < 1.29 is 19.1 Å². The van der Waals surface area contributed by atoms with Gasteiger partial charge in [-0.15, -0.1) is 0 Å². The number of nitrogens with zero attached hydrogens (tertiary/aromatic N) is 1. The number of carbonyl (C=O) groups is 3. The van der Waals surface area contributed by atoms with E-state index in [0.29, 0.717) is 5.69 Å². The summed E-state index contributed by atoms with van der Waals surface area (Å²) < 4.78 is 4.90. The van der Waals surface area contributed by atoms with E-state index < -0.39 is 23.8 Å². The Balaban J connectivity index is 2.01. The Morgan fingerprint density at radius 1 is 1.36 bits per heavy atom. The number of hydrogen-bond donors (Lipinski definition) is 2. The van der Waals surface area contributed by atoms with E-state index in [1.807, 2.05) is 13.0 Å². The molecule has 1 aromatic rings. The Labute approximate surface area is 126 Å². The van der Waals surface area contributed by atoms with Crippen molar-refractivity contribution in [2.45, 2.75) is 19.9 Å². The van der Waals surface area contributed by atoms with E-state index in [4.69, 9.17) is 4.74 Å². The molecular formula is C15H15N3O4. The molecule has 2 aliphatic heterocycles. The van der Waals surface area contributed by atoms with Crippen LogP contribution in [-0.2, 0) is 19.1 Å². The fourth-order valence-corrected chi connectivity index (χ4v) is 2.57. The second kappa shape index (κ2) is 5.27. The van der Waals surface area contributed by atoms with Gasteiger partial charge in [-0.1, -0.05) is 12.1 Å². The average molecular weight is 301 g/mol. The lowest BCUT2D eigenvalue weighted by molar-refractivity contribution is -0.139. The second-order valence-corrected chi connectivity index (χ2v) is 5.03. The molecule has 0 spiro atoms. The molecule has 7 heteroatoms. The highest BCUT2D eigenvalue weighted by molar-refractivity contribution is 6.32. The Morgan fingerprint density at radius 2 is 2.14 bits per heavy atom. The van der Waals surface area contributed by atoms with Crippen LogP contribution in [0.5, 0.6) is 0 Å². The highest BCUT2D eigenvalue weighted by Crippen LogP contribution is 2.30. The summed E-state index contributed by atoms with van der Waals surface area (Å²) in [6.07, 6.45) is 0. The number of ether oxygens (including phenoxy) is 1. The zero-order valence-electron chi connectivity index (χ0n) is 12.2. The zero-order chi connectivity index (χ0) is 15.9. The molecule has 114 valence electrons. The van der Waals surface area contributed by atoms with Crippen molar-refractivity contribution in [1.82, 2.24) is 10.9 Å². The molecule has 0 aromatic heterocycles. The smallest absolute Gasteiger partial charge is 0.356 e. The van der Waals surface area contributed by atoms with Gasteiger partial charge in [0, 0.05) is 0 Å². The van der Waals surface area contributed by atoms with Gasteiger partial charge >= 0.3 is 5.97 Å². The van der Waals surface area contributed by atoms with Gasteiger partial charge in [-0.05, 0) is 31.5 Å². The molecule has 7 nitrogen and oxygen atoms in total.